The fraction of sp³-hybridized carbons (Fsp3) is 0.250. The van der Waals surface area contributed by atoms with Gasteiger partial charge in [-0.25, -0.2) is 0 Å². The average molecular weight is 367 g/mol. The quantitative estimate of drug-likeness (QED) is 0.814. The molecule has 1 aliphatic heterocycles. The number of carbonyl (C=O) groups is 3. The van der Waals surface area contributed by atoms with Crippen molar-refractivity contribution in [1.82, 2.24) is 5.32 Å². The molecule has 3 amide bonds. The molecule has 2 aromatic carbocycles. The van der Waals surface area contributed by atoms with Crippen molar-refractivity contribution in [3.8, 4) is 5.75 Å². The predicted octanol–water partition coefficient (Wildman–Crippen LogP) is 2.11. The minimum atomic E-state index is -1.70. The fourth-order valence-electron chi connectivity index (χ4n) is 2.91. The van der Waals surface area contributed by atoms with Crippen molar-refractivity contribution in [2.24, 2.45) is 0 Å². The molecule has 1 aliphatic rings. The van der Waals surface area contributed by atoms with Gasteiger partial charge >= 0.3 is 0 Å². The number of ether oxygens (including phenoxy) is 1. The number of nitrogens with one attached hydrogen (secondary N) is 2. The number of hydrogen-bond acceptors (Lipinski definition) is 4. The van der Waals surface area contributed by atoms with Gasteiger partial charge in [0.15, 0.2) is 0 Å². The lowest BCUT2D eigenvalue weighted by atomic mass is 9.99. The van der Waals surface area contributed by atoms with Gasteiger partial charge in [-0.15, -0.1) is 0 Å². The van der Waals surface area contributed by atoms with Crippen LogP contribution in [0.4, 0.5) is 11.4 Å². The van der Waals surface area contributed by atoms with E-state index in [4.69, 9.17) is 4.74 Å². The Bertz CT molecular complexity index is 923. The maximum Gasteiger partial charge on any atom is 0.280 e. The number of likely N-dealkylation sites (N-methyl/N-ethyl adjacent to an activating group) is 1. The molecule has 3 rings (SSSR count). The van der Waals surface area contributed by atoms with Gasteiger partial charge in [0.1, 0.15) is 5.75 Å². The maximum atomic E-state index is 12.8. The third kappa shape index (κ3) is 3.23. The summed E-state index contributed by atoms with van der Waals surface area (Å²) < 4.78 is 5.80. The summed E-state index contributed by atoms with van der Waals surface area (Å²) in [5.74, 6) is -0.798. The number of fused-ring (bicyclic) bond motifs is 1. The van der Waals surface area contributed by atoms with E-state index in [0.29, 0.717) is 22.7 Å². The highest BCUT2D eigenvalue weighted by atomic mass is 16.5. The van der Waals surface area contributed by atoms with E-state index >= 15 is 0 Å². The summed E-state index contributed by atoms with van der Waals surface area (Å²) in [5.41, 5.74) is 0.844. The zero-order chi connectivity index (χ0) is 19.8. The SMILES string of the molecule is CNC(=O)c1ccc(NC(=O)C2(C)Oc3ccc(C)cc3N(C)C2=O)cc1. The molecule has 0 bridgehead atoms. The van der Waals surface area contributed by atoms with Crippen LogP contribution in [0.1, 0.15) is 22.8 Å². The minimum Gasteiger partial charge on any atom is -0.465 e. The molecule has 140 valence electrons. The standard InChI is InChI=1S/C20H21N3O4/c1-12-5-10-16-15(11-12)23(4)19(26)20(2,27-16)18(25)22-14-8-6-13(7-9-14)17(24)21-3/h5-11H,1-4H3,(H,21,24)(H,22,25). The van der Waals surface area contributed by atoms with Crippen LogP contribution in [0.5, 0.6) is 5.75 Å². The molecule has 0 spiro atoms. The molecule has 2 aromatic rings. The highest BCUT2D eigenvalue weighted by Gasteiger charge is 2.49. The Morgan fingerprint density at radius 2 is 1.78 bits per heavy atom. The van der Waals surface area contributed by atoms with Gasteiger partial charge in [-0.2, -0.15) is 0 Å². The van der Waals surface area contributed by atoms with Crippen LogP contribution in [0, 0.1) is 6.92 Å². The molecule has 0 saturated heterocycles. The molecule has 7 heteroatoms. The van der Waals surface area contributed by atoms with Crippen molar-refractivity contribution in [3.63, 3.8) is 0 Å². The summed E-state index contributed by atoms with van der Waals surface area (Å²) in [5, 5.41) is 5.21. The van der Waals surface area contributed by atoms with Crippen LogP contribution in [0.3, 0.4) is 0 Å². The van der Waals surface area contributed by atoms with Crippen molar-refractivity contribution < 1.29 is 19.1 Å². The topological polar surface area (TPSA) is 87.7 Å². The second-order valence-corrected chi connectivity index (χ2v) is 6.58. The number of benzene rings is 2. The van der Waals surface area contributed by atoms with E-state index in [9.17, 15) is 14.4 Å². The van der Waals surface area contributed by atoms with E-state index in [-0.39, 0.29) is 5.91 Å². The van der Waals surface area contributed by atoms with E-state index in [1.165, 1.54) is 11.8 Å². The van der Waals surface area contributed by atoms with Crippen LogP contribution in [-0.4, -0.2) is 37.4 Å². The van der Waals surface area contributed by atoms with Crippen molar-refractivity contribution >= 4 is 29.1 Å². The van der Waals surface area contributed by atoms with E-state index in [0.717, 1.165) is 5.56 Å². The first-order valence-electron chi connectivity index (χ1n) is 8.47. The fourth-order valence-corrected chi connectivity index (χ4v) is 2.91. The molecule has 27 heavy (non-hydrogen) atoms. The Morgan fingerprint density at radius 3 is 2.41 bits per heavy atom. The predicted molar refractivity (Wildman–Crippen MR) is 102 cm³/mol. The van der Waals surface area contributed by atoms with Crippen molar-refractivity contribution in [2.75, 3.05) is 24.3 Å². The number of rotatable bonds is 3. The average Bonchev–Trinajstić information content (AvgIpc) is 2.67. The summed E-state index contributed by atoms with van der Waals surface area (Å²) in [6, 6.07) is 11.8. The van der Waals surface area contributed by atoms with Crippen LogP contribution in [0.2, 0.25) is 0 Å². The molecule has 0 fully saturated rings. The Balaban J connectivity index is 1.84. The van der Waals surface area contributed by atoms with Gasteiger partial charge < -0.3 is 20.3 Å². The van der Waals surface area contributed by atoms with Crippen LogP contribution in [-0.2, 0) is 9.59 Å². The molecule has 1 unspecified atom stereocenters. The molecule has 1 atom stereocenters. The highest BCUT2D eigenvalue weighted by molar-refractivity contribution is 6.19. The Labute approximate surface area is 157 Å². The molecule has 1 heterocycles. The van der Waals surface area contributed by atoms with Crippen molar-refractivity contribution in [1.29, 1.82) is 0 Å². The van der Waals surface area contributed by atoms with Gasteiger partial charge in [0.05, 0.1) is 5.69 Å². The number of amides is 3. The van der Waals surface area contributed by atoms with E-state index < -0.39 is 17.4 Å². The maximum absolute atomic E-state index is 12.8. The largest absolute Gasteiger partial charge is 0.465 e. The van der Waals surface area contributed by atoms with Crippen molar-refractivity contribution in [2.45, 2.75) is 19.4 Å². The van der Waals surface area contributed by atoms with Crippen molar-refractivity contribution in [3.05, 3.63) is 53.6 Å². The minimum absolute atomic E-state index is 0.223. The molecule has 0 radical (unpaired) electrons. The summed E-state index contributed by atoms with van der Waals surface area (Å²) in [4.78, 5) is 38.7. The van der Waals surface area contributed by atoms with E-state index in [2.05, 4.69) is 10.6 Å². The Morgan fingerprint density at radius 1 is 1.11 bits per heavy atom. The van der Waals surface area contributed by atoms with Crippen LogP contribution >= 0.6 is 0 Å². The third-order valence-corrected chi connectivity index (χ3v) is 4.57. The van der Waals surface area contributed by atoms with Gasteiger partial charge in [-0.3, -0.25) is 14.4 Å². The molecule has 0 saturated carbocycles. The molecular weight excluding hydrogens is 346 g/mol. The van der Waals surface area contributed by atoms with Gasteiger partial charge in [-0.1, -0.05) is 6.07 Å². The molecule has 2 N–H and O–H groups in total. The summed E-state index contributed by atoms with van der Waals surface area (Å²) in [6.45, 7) is 3.37. The third-order valence-electron chi connectivity index (χ3n) is 4.57. The normalized spacial score (nSPS) is 18.4. The first-order valence-corrected chi connectivity index (χ1v) is 8.47. The summed E-state index contributed by atoms with van der Waals surface area (Å²) in [7, 11) is 3.16. The van der Waals surface area contributed by atoms with Gasteiger partial charge in [0.25, 0.3) is 23.3 Å². The number of nitrogens with zero attached hydrogens (tertiary/aromatic N) is 1. The van der Waals surface area contributed by atoms with Gasteiger partial charge in [-0.05, 0) is 55.8 Å². The van der Waals surface area contributed by atoms with E-state index in [1.807, 2.05) is 19.1 Å². The first-order chi connectivity index (χ1) is 12.8. The summed E-state index contributed by atoms with van der Waals surface area (Å²) >= 11 is 0. The molecule has 0 aliphatic carbocycles. The number of carbonyl (C=O) groups excluding carboxylic acids is 3. The number of hydrogen-bond donors (Lipinski definition) is 2. The van der Waals surface area contributed by atoms with Crippen LogP contribution < -0.4 is 20.3 Å². The summed E-state index contributed by atoms with van der Waals surface area (Å²) in [6.07, 6.45) is 0. The van der Waals surface area contributed by atoms with Gasteiger partial charge in [0.2, 0.25) is 0 Å². The zero-order valence-corrected chi connectivity index (χ0v) is 15.6. The smallest absolute Gasteiger partial charge is 0.280 e. The lowest BCUT2D eigenvalue weighted by Crippen LogP contribution is -2.59. The lowest BCUT2D eigenvalue weighted by Gasteiger charge is -2.38. The van der Waals surface area contributed by atoms with E-state index in [1.54, 1.807) is 44.4 Å². The first kappa shape index (κ1) is 18.4. The Hall–Kier alpha value is -3.35. The van der Waals surface area contributed by atoms with Crippen LogP contribution in [0.15, 0.2) is 42.5 Å². The monoisotopic (exact) mass is 367 g/mol. The number of aryl methyl sites for hydroxylation is 1. The Kier molecular flexibility index (Phi) is 4.61. The molecule has 7 nitrogen and oxygen atoms in total. The van der Waals surface area contributed by atoms with Crippen LogP contribution in [0.25, 0.3) is 0 Å². The highest BCUT2D eigenvalue weighted by Crippen LogP contribution is 2.38. The zero-order valence-electron chi connectivity index (χ0n) is 15.6. The molecule has 0 aromatic heterocycles. The second-order valence-electron chi connectivity index (χ2n) is 6.58. The molecular formula is C20H21N3O4. The lowest BCUT2D eigenvalue weighted by molar-refractivity contribution is -0.144. The second kappa shape index (κ2) is 6.75. The van der Waals surface area contributed by atoms with Gasteiger partial charge in [0, 0.05) is 25.3 Å². The number of anilines is 2.